The Hall–Kier alpha value is -0.0300. The highest BCUT2D eigenvalue weighted by Gasteiger charge is 2.43. The van der Waals surface area contributed by atoms with Gasteiger partial charge in [0.25, 0.3) is 0 Å². The molecule has 1 unspecified atom stereocenters. The molecule has 2 aliphatic heterocycles. The van der Waals surface area contributed by atoms with Crippen LogP contribution >= 0.6 is 24.8 Å². The molecular formula is C16H31Cl2N3O. The average molecular weight is 352 g/mol. The molecule has 0 aromatic heterocycles. The highest BCUT2D eigenvalue weighted by molar-refractivity contribution is 5.85. The van der Waals surface area contributed by atoms with Gasteiger partial charge in [-0.1, -0.05) is 19.3 Å². The smallest absolute Gasteiger partial charge is 0.224 e. The van der Waals surface area contributed by atoms with Gasteiger partial charge in [0.1, 0.15) is 0 Å². The normalized spacial score (nSPS) is 28.0. The van der Waals surface area contributed by atoms with Crippen LogP contribution < -0.4 is 5.32 Å². The van der Waals surface area contributed by atoms with Gasteiger partial charge in [-0.3, -0.25) is 4.79 Å². The lowest BCUT2D eigenvalue weighted by atomic mass is 9.78. The maximum atomic E-state index is 12.8. The first kappa shape index (κ1) is 20.0. The summed E-state index contributed by atoms with van der Waals surface area (Å²) < 4.78 is 0. The van der Waals surface area contributed by atoms with Crippen LogP contribution in [0.1, 0.15) is 51.4 Å². The minimum Gasteiger partial charge on any atom is -0.334 e. The third kappa shape index (κ3) is 4.28. The van der Waals surface area contributed by atoms with Gasteiger partial charge in [-0.25, -0.2) is 0 Å². The number of piperazine rings is 1. The summed E-state index contributed by atoms with van der Waals surface area (Å²) in [4.78, 5) is 17.5. The molecule has 130 valence electrons. The molecule has 2 heterocycles. The van der Waals surface area contributed by atoms with Crippen LogP contribution in [0.2, 0.25) is 0 Å². The summed E-state index contributed by atoms with van der Waals surface area (Å²) in [5, 5.41) is 3.47. The Labute approximate surface area is 147 Å². The summed E-state index contributed by atoms with van der Waals surface area (Å²) in [7, 11) is 2.21. The van der Waals surface area contributed by atoms with Crippen molar-refractivity contribution in [1.82, 2.24) is 15.1 Å². The lowest BCUT2D eigenvalue weighted by molar-refractivity contribution is -0.144. The van der Waals surface area contributed by atoms with Crippen LogP contribution in [-0.4, -0.2) is 60.5 Å². The van der Waals surface area contributed by atoms with E-state index in [-0.39, 0.29) is 30.4 Å². The molecule has 1 saturated carbocycles. The van der Waals surface area contributed by atoms with Gasteiger partial charge in [0.05, 0.1) is 5.54 Å². The number of rotatable bonds is 2. The number of likely N-dealkylation sites (N-methyl/N-ethyl adjacent to an activating group) is 1. The fourth-order valence-corrected chi connectivity index (χ4v) is 4.45. The van der Waals surface area contributed by atoms with Crippen LogP contribution in [0.4, 0.5) is 0 Å². The van der Waals surface area contributed by atoms with Crippen LogP contribution in [0.5, 0.6) is 0 Å². The topological polar surface area (TPSA) is 35.6 Å². The van der Waals surface area contributed by atoms with Crippen LogP contribution in [-0.2, 0) is 4.79 Å². The highest BCUT2D eigenvalue weighted by atomic mass is 35.5. The molecule has 1 aliphatic carbocycles. The number of amides is 1. The standard InChI is InChI=1S/C16H29N3O.2ClH/c1-18-10-11-19(15(20)12-14-6-5-9-17-14)16(13-18)7-3-2-4-8-16;;/h14,17H,2-13H2,1H3;2*1H. The van der Waals surface area contributed by atoms with Gasteiger partial charge in [-0.15, -0.1) is 24.8 Å². The third-order valence-electron chi connectivity index (χ3n) is 5.51. The number of nitrogens with zero attached hydrogens (tertiary/aromatic N) is 2. The fourth-order valence-electron chi connectivity index (χ4n) is 4.45. The Bertz CT molecular complexity index is 355. The summed E-state index contributed by atoms with van der Waals surface area (Å²) in [6, 6.07) is 0.433. The van der Waals surface area contributed by atoms with E-state index in [0.29, 0.717) is 18.4 Å². The van der Waals surface area contributed by atoms with Gasteiger partial charge in [-0.2, -0.15) is 0 Å². The van der Waals surface area contributed by atoms with E-state index in [2.05, 4.69) is 22.2 Å². The van der Waals surface area contributed by atoms with Crippen molar-refractivity contribution in [3.63, 3.8) is 0 Å². The van der Waals surface area contributed by atoms with Gasteiger partial charge < -0.3 is 15.1 Å². The Morgan fingerprint density at radius 2 is 1.86 bits per heavy atom. The SMILES string of the molecule is CN1CCN(C(=O)CC2CCCN2)C2(CCCCC2)C1.Cl.Cl. The number of hydrogen-bond donors (Lipinski definition) is 1. The molecule has 1 atom stereocenters. The number of nitrogens with one attached hydrogen (secondary N) is 1. The Morgan fingerprint density at radius 1 is 1.14 bits per heavy atom. The lowest BCUT2D eigenvalue weighted by Gasteiger charge is -2.52. The van der Waals surface area contributed by atoms with E-state index in [0.717, 1.165) is 26.2 Å². The molecule has 3 fully saturated rings. The van der Waals surface area contributed by atoms with Crippen molar-refractivity contribution in [2.24, 2.45) is 0 Å². The molecule has 2 saturated heterocycles. The van der Waals surface area contributed by atoms with Gasteiger partial charge in [0, 0.05) is 32.1 Å². The number of hydrogen-bond acceptors (Lipinski definition) is 3. The van der Waals surface area contributed by atoms with Gasteiger partial charge in [-0.05, 0) is 39.3 Å². The van der Waals surface area contributed by atoms with E-state index in [4.69, 9.17) is 0 Å². The molecule has 6 heteroatoms. The second-order valence-electron chi connectivity index (χ2n) is 7.07. The monoisotopic (exact) mass is 351 g/mol. The number of halogens is 2. The molecule has 22 heavy (non-hydrogen) atoms. The summed E-state index contributed by atoms with van der Waals surface area (Å²) in [6.45, 7) is 4.14. The number of carbonyl (C=O) groups excluding carboxylic acids is 1. The van der Waals surface area contributed by atoms with Crippen LogP contribution in [0.25, 0.3) is 0 Å². The summed E-state index contributed by atoms with van der Waals surface area (Å²) in [5.41, 5.74) is 0.154. The molecule has 3 rings (SSSR count). The molecule has 1 spiro atoms. The number of carbonyl (C=O) groups is 1. The minimum absolute atomic E-state index is 0. The molecule has 1 amide bonds. The van der Waals surface area contributed by atoms with Crippen molar-refractivity contribution in [1.29, 1.82) is 0 Å². The van der Waals surface area contributed by atoms with Crippen molar-refractivity contribution < 1.29 is 4.79 Å². The van der Waals surface area contributed by atoms with Crippen LogP contribution in [0.15, 0.2) is 0 Å². The maximum absolute atomic E-state index is 12.8. The predicted octanol–water partition coefficient (Wildman–Crippen LogP) is 2.45. The first-order chi connectivity index (χ1) is 9.70. The molecule has 1 N–H and O–H groups in total. The second kappa shape index (κ2) is 8.72. The van der Waals surface area contributed by atoms with Gasteiger partial charge in [0.15, 0.2) is 0 Å². The molecule has 0 aromatic carbocycles. The first-order valence-corrected chi connectivity index (χ1v) is 8.42. The third-order valence-corrected chi connectivity index (χ3v) is 5.51. The van der Waals surface area contributed by atoms with E-state index < -0.39 is 0 Å². The van der Waals surface area contributed by atoms with Crippen molar-refractivity contribution in [2.45, 2.75) is 62.9 Å². The minimum atomic E-state index is 0. The molecule has 3 aliphatic rings. The van der Waals surface area contributed by atoms with Crippen molar-refractivity contribution in [3.8, 4) is 0 Å². The second-order valence-corrected chi connectivity index (χ2v) is 7.07. The average Bonchev–Trinajstić information content (AvgIpc) is 2.92. The molecular weight excluding hydrogens is 321 g/mol. The van der Waals surface area contributed by atoms with E-state index in [1.807, 2.05) is 0 Å². The highest BCUT2D eigenvalue weighted by Crippen LogP contribution is 2.36. The zero-order valence-electron chi connectivity index (χ0n) is 13.7. The zero-order chi connectivity index (χ0) is 14.0. The lowest BCUT2D eigenvalue weighted by Crippen LogP contribution is -2.64. The van der Waals surface area contributed by atoms with E-state index in [1.165, 1.54) is 44.9 Å². The fraction of sp³-hybridized carbons (Fsp3) is 0.938. The Morgan fingerprint density at radius 3 is 2.50 bits per heavy atom. The van der Waals surface area contributed by atoms with Gasteiger partial charge >= 0.3 is 0 Å². The van der Waals surface area contributed by atoms with E-state index >= 15 is 0 Å². The van der Waals surface area contributed by atoms with Crippen molar-refractivity contribution in [3.05, 3.63) is 0 Å². The molecule has 0 aromatic rings. The molecule has 0 radical (unpaired) electrons. The Kier molecular flexibility index (Phi) is 7.93. The van der Waals surface area contributed by atoms with Crippen LogP contribution in [0, 0.1) is 0 Å². The van der Waals surface area contributed by atoms with Crippen molar-refractivity contribution >= 4 is 30.7 Å². The van der Waals surface area contributed by atoms with E-state index in [9.17, 15) is 4.79 Å². The zero-order valence-corrected chi connectivity index (χ0v) is 15.3. The summed E-state index contributed by atoms with van der Waals surface area (Å²) >= 11 is 0. The quantitative estimate of drug-likeness (QED) is 0.829. The Balaban J connectivity index is 0.00000121. The van der Waals surface area contributed by atoms with Gasteiger partial charge in [0.2, 0.25) is 5.91 Å². The predicted molar refractivity (Wildman–Crippen MR) is 95.2 cm³/mol. The summed E-state index contributed by atoms with van der Waals surface area (Å²) in [5.74, 6) is 0.402. The first-order valence-electron chi connectivity index (χ1n) is 8.42. The van der Waals surface area contributed by atoms with Crippen LogP contribution in [0.3, 0.4) is 0 Å². The molecule has 4 nitrogen and oxygen atoms in total. The van der Waals surface area contributed by atoms with E-state index in [1.54, 1.807) is 0 Å². The maximum Gasteiger partial charge on any atom is 0.224 e. The summed E-state index contributed by atoms with van der Waals surface area (Å²) in [6.07, 6.45) is 9.46. The largest absolute Gasteiger partial charge is 0.334 e. The van der Waals surface area contributed by atoms with Crippen molar-refractivity contribution in [2.75, 3.05) is 33.2 Å². The molecule has 0 bridgehead atoms.